The molecule has 0 aromatic carbocycles. The highest BCUT2D eigenvalue weighted by Gasteiger charge is 2.22. The van der Waals surface area contributed by atoms with Crippen LogP contribution in [0.15, 0.2) is 6.20 Å². The van der Waals surface area contributed by atoms with Gasteiger partial charge in [-0.05, 0) is 0 Å². The number of aromatic nitrogens is 1. The smallest absolute Gasteiger partial charge is 0.271 e. The summed E-state index contributed by atoms with van der Waals surface area (Å²) >= 11 is 5.34. The van der Waals surface area contributed by atoms with E-state index in [1.807, 2.05) is 0 Å². The van der Waals surface area contributed by atoms with Gasteiger partial charge in [0.1, 0.15) is 11.4 Å². The highest BCUT2D eigenvalue weighted by atomic mass is 35.5. The highest BCUT2D eigenvalue weighted by molar-refractivity contribution is 6.17. The molecule has 1 aromatic rings. The van der Waals surface area contributed by atoms with Crippen LogP contribution in [0.1, 0.15) is 17.6 Å². The summed E-state index contributed by atoms with van der Waals surface area (Å²) in [5, 5.41) is 0. The molecule has 1 aromatic heterocycles. The SMILES string of the molecule is COc1ncc(CCl)c(F)c1C(F)F. The number of ether oxygens (including phenoxy) is 1. The Morgan fingerprint density at radius 3 is 2.64 bits per heavy atom. The van der Waals surface area contributed by atoms with Gasteiger partial charge in [-0.3, -0.25) is 0 Å². The Balaban J connectivity index is 3.31. The lowest BCUT2D eigenvalue weighted by molar-refractivity contribution is 0.140. The fourth-order valence-corrected chi connectivity index (χ4v) is 1.16. The normalized spacial score (nSPS) is 10.7. The first-order valence-electron chi connectivity index (χ1n) is 3.67. The largest absolute Gasteiger partial charge is 0.481 e. The van der Waals surface area contributed by atoms with Crippen molar-refractivity contribution in [2.24, 2.45) is 0 Å². The van der Waals surface area contributed by atoms with E-state index in [4.69, 9.17) is 11.6 Å². The number of alkyl halides is 3. The van der Waals surface area contributed by atoms with Gasteiger partial charge in [-0.1, -0.05) is 0 Å². The molecule has 0 spiro atoms. The molecule has 0 saturated carbocycles. The van der Waals surface area contributed by atoms with Crippen molar-refractivity contribution in [1.29, 1.82) is 0 Å². The summed E-state index contributed by atoms with van der Waals surface area (Å²) in [5.74, 6) is -1.67. The topological polar surface area (TPSA) is 22.1 Å². The lowest BCUT2D eigenvalue weighted by Crippen LogP contribution is -2.02. The third-order valence-electron chi connectivity index (χ3n) is 1.64. The Hall–Kier alpha value is -0.970. The van der Waals surface area contributed by atoms with Crippen molar-refractivity contribution in [3.05, 3.63) is 23.1 Å². The van der Waals surface area contributed by atoms with Gasteiger partial charge in [0.15, 0.2) is 0 Å². The fraction of sp³-hybridized carbons (Fsp3) is 0.375. The number of nitrogens with zero attached hydrogens (tertiary/aromatic N) is 1. The summed E-state index contributed by atoms with van der Waals surface area (Å²) < 4.78 is 42.6. The van der Waals surface area contributed by atoms with Gasteiger partial charge in [0.2, 0.25) is 5.88 Å². The Kier molecular flexibility index (Phi) is 3.57. The molecule has 0 N–H and O–H groups in total. The first-order chi connectivity index (χ1) is 6.61. The Labute approximate surface area is 83.7 Å². The average Bonchev–Trinajstić information content (AvgIpc) is 2.16. The third-order valence-corrected chi connectivity index (χ3v) is 1.93. The molecular weight excluding hydrogens is 219 g/mol. The zero-order chi connectivity index (χ0) is 10.7. The van der Waals surface area contributed by atoms with Gasteiger partial charge in [0.05, 0.1) is 13.0 Å². The lowest BCUT2D eigenvalue weighted by Gasteiger charge is -2.09. The molecule has 78 valence electrons. The number of rotatable bonds is 3. The van der Waals surface area contributed by atoms with E-state index in [1.165, 1.54) is 0 Å². The van der Waals surface area contributed by atoms with Crippen molar-refractivity contribution >= 4 is 11.6 Å². The number of hydrogen-bond acceptors (Lipinski definition) is 2. The molecule has 6 heteroatoms. The van der Waals surface area contributed by atoms with Gasteiger partial charge in [0, 0.05) is 11.8 Å². The molecule has 0 aliphatic rings. The van der Waals surface area contributed by atoms with Crippen LogP contribution in [0.25, 0.3) is 0 Å². The number of hydrogen-bond donors (Lipinski definition) is 0. The fourth-order valence-electron chi connectivity index (χ4n) is 0.975. The van der Waals surface area contributed by atoms with Crippen LogP contribution in [0.2, 0.25) is 0 Å². The maximum absolute atomic E-state index is 13.3. The predicted molar refractivity (Wildman–Crippen MR) is 45.3 cm³/mol. The van der Waals surface area contributed by atoms with Crippen molar-refractivity contribution in [2.75, 3.05) is 7.11 Å². The molecule has 0 radical (unpaired) electrons. The minimum absolute atomic E-state index is 0.0669. The second-order valence-corrected chi connectivity index (χ2v) is 2.72. The van der Waals surface area contributed by atoms with Crippen molar-refractivity contribution in [3.63, 3.8) is 0 Å². The summed E-state index contributed by atoms with van der Waals surface area (Å²) in [4.78, 5) is 3.52. The van der Waals surface area contributed by atoms with Gasteiger partial charge in [-0.15, -0.1) is 11.6 Å². The monoisotopic (exact) mass is 225 g/mol. The van der Waals surface area contributed by atoms with Crippen LogP contribution in [0, 0.1) is 5.82 Å². The number of methoxy groups -OCH3 is 1. The van der Waals surface area contributed by atoms with Gasteiger partial charge < -0.3 is 4.74 Å². The molecule has 0 aliphatic carbocycles. The third kappa shape index (κ3) is 1.92. The predicted octanol–water partition coefficient (Wildman–Crippen LogP) is 2.91. The second kappa shape index (κ2) is 4.50. The first-order valence-corrected chi connectivity index (χ1v) is 4.20. The molecule has 1 heterocycles. The maximum Gasteiger partial charge on any atom is 0.271 e. The Morgan fingerprint density at radius 2 is 2.21 bits per heavy atom. The quantitative estimate of drug-likeness (QED) is 0.738. The first kappa shape index (κ1) is 11.1. The lowest BCUT2D eigenvalue weighted by atomic mass is 10.2. The minimum atomic E-state index is -2.97. The van der Waals surface area contributed by atoms with E-state index in [9.17, 15) is 13.2 Å². The summed E-state index contributed by atoms with van der Waals surface area (Å²) in [6, 6.07) is 0. The molecule has 0 fully saturated rings. The van der Waals surface area contributed by atoms with Gasteiger partial charge in [-0.25, -0.2) is 18.2 Å². The van der Waals surface area contributed by atoms with E-state index < -0.39 is 23.7 Å². The molecule has 0 amide bonds. The van der Waals surface area contributed by atoms with Crippen molar-refractivity contribution < 1.29 is 17.9 Å². The summed E-state index contributed by atoms with van der Waals surface area (Å²) in [6.07, 6.45) is -1.90. The second-order valence-electron chi connectivity index (χ2n) is 2.45. The molecule has 0 saturated heterocycles. The molecular formula is C8H7ClF3NO. The van der Waals surface area contributed by atoms with Crippen LogP contribution < -0.4 is 4.74 Å². The van der Waals surface area contributed by atoms with E-state index >= 15 is 0 Å². The molecule has 0 bridgehead atoms. The van der Waals surface area contributed by atoms with Crippen molar-refractivity contribution in [1.82, 2.24) is 4.98 Å². The van der Waals surface area contributed by atoms with Crippen LogP contribution in [0.4, 0.5) is 13.2 Å². The van der Waals surface area contributed by atoms with Crippen LogP contribution >= 0.6 is 11.6 Å². The highest BCUT2D eigenvalue weighted by Crippen LogP contribution is 2.31. The Morgan fingerprint density at radius 1 is 1.57 bits per heavy atom. The van der Waals surface area contributed by atoms with Gasteiger partial charge >= 0.3 is 0 Å². The summed E-state index contributed by atoms with van der Waals surface area (Å²) in [7, 11) is 1.15. The maximum atomic E-state index is 13.3. The zero-order valence-electron chi connectivity index (χ0n) is 7.23. The van der Waals surface area contributed by atoms with Crippen LogP contribution in [0.5, 0.6) is 5.88 Å². The van der Waals surface area contributed by atoms with Gasteiger partial charge in [0.25, 0.3) is 6.43 Å². The van der Waals surface area contributed by atoms with E-state index in [2.05, 4.69) is 9.72 Å². The van der Waals surface area contributed by atoms with Crippen LogP contribution in [-0.4, -0.2) is 12.1 Å². The van der Waals surface area contributed by atoms with Gasteiger partial charge in [-0.2, -0.15) is 0 Å². The molecule has 0 atom stereocenters. The summed E-state index contributed by atoms with van der Waals surface area (Å²) in [5.41, 5.74) is -0.909. The molecule has 0 aliphatic heterocycles. The Bertz CT molecular complexity index is 333. The standard InChI is InChI=1S/C8H7ClF3NO/c1-14-8-5(7(11)12)6(10)4(2-9)3-13-8/h3,7H,2H2,1H3. The number of halogens is 4. The van der Waals surface area contributed by atoms with Crippen LogP contribution in [-0.2, 0) is 5.88 Å². The summed E-state index contributed by atoms with van der Waals surface area (Å²) in [6.45, 7) is 0. The molecule has 1 rings (SSSR count). The van der Waals surface area contributed by atoms with E-state index in [0.29, 0.717) is 0 Å². The molecule has 14 heavy (non-hydrogen) atoms. The van der Waals surface area contributed by atoms with Crippen molar-refractivity contribution in [3.8, 4) is 5.88 Å². The van der Waals surface area contributed by atoms with E-state index in [-0.39, 0.29) is 11.4 Å². The number of pyridine rings is 1. The van der Waals surface area contributed by atoms with Crippen molar-refractivity contribution in [2.45, 2.75) is 12.3 Å². The van der Waals surface area contributed by atoms with E-state index in [0.717, 1.165) is 13.3 Å². The van der Waals surface area contributed by atoms with Crippen LogP contribution in [0.3, 0.4) is 0 Å². The molecule has 2 nitrogen and oxygen atoms in total. The zero-order valence-corrected chi connectivity index (χ0v) is 7.99. The van der Waals surface area contributed by atoms with E-state index in [1.54, 1.807) is 0 Å². The average molecular weight is 226 g/mol. The minimum Gasteiger partial charge on any atom is -0.481 e. The molecule has 0 unspecified atom stereocenters.